The predicted octanol–water partition coefficient (Wildman–Crippen LogP) is 3.57. The van der Waals surface area contributed by atoms with Crippen molar-refractivity contribution in [2.75, 3.05) is 7.11 Å². The molecule has 2 rings (SSSR count). The summed E-state index contributed by atoms with van der Waals surface area (Å²) in [4.78, 5) is 4.21. The normalized spacial score (nSPS) is 10.2. The van der Waals surface area contributed by atoms with Crippen molar-refractivity contribution in [2.45, 2.75) is 6.61 Å². The minimum atomic E-state index is -0.318. The summed E-state index contributed by atoms with van der Waals surface area (Å²) in [6.45, 7) is 0.301. The van der Waals surface area contributed by atoms with Gasteiger partial charge in [-0.1, -0.05) is 6.07 Å². The van der Waals surface area contributed by atoms with E-state index in [0.29, 0.717) is 22.7 Å². The minimum Gasteiger partial charge on any atom is -0.487 e. The van der Waals surface area contributed by atoms with E-state index in [1.807, 2.05) is 12.1 Å². The molecular weight excluding hydrogens is 301 g/mol. The van der Waals surface area contributed by atoms with Crippen molar-refractivity contribution in [1.82, 2.24) is 4.98 Å². The quantitative estimate of drug-likeness (QED) is 0.865. The summed E-state index contributed by atoms with van der Waals surface area (Å²) in [6.07, 6.45) is 0. The Morgan fingerprint density at radius 2 is 2.11 bits per heavy atom. The molecule has 0 radical (unpaired) electrons. The van der Waals surface area contributed by atoms with Crippen LogP contribution in [0.2, 0.25) is 0 Å². The average Bonchev–Trinajstić information content (AvgIpc) is 2.40. The molecule has 2 aromatic rings. The Labute approximate surface area is 113 Å². The number of halogens is 2. The summed E-state index contributed by atoms with van der Waals surface area (Å²) in [7, 11) is 1.56. The number of hydrogen-bond donors (Lipinski definition) is 0. The van der Waals surface area contributed by atoms with Crippen LogP contribution < -0.4 is 9.47 Å². The zero-order valence-corrected chi connectivity index (χ0v) is 11.3. The minimum absolute atomic E-state index is 0.301. The number of ether oxygens (including phenoxy) is 2. The largest absolute Gasteiger partial charge is 0.487 e. The van der Waals surface area contributed by atoms with E-state index >= 15 is 0 Å². The highest BCUT2D eigenvalue weighted by atomic mass is 79.9. The first kappa shape index (κ1) is 12.8. The molecule has 0 aliphatic rings. The van der Waals surface area contributed by atoms with Crippen molar-refractivity contribution in [2.24, 2.45) is 0 Å². The van der Waals surface area contributed by atoms with Crippen LogP contribution in [0.5, 0.6) is 11.6 Å². The van der Waals surface area contributed by atoms with Crippen LogP contribution in [0.4, 0.5) is 4.39 Å². The lowest BCUT2D eigenvalue weighted by Crippen LogP contribution is -1.99. The van der Waals surface area contributed by atoms with Crippen molar-refractivity contribution in [1.29, 1.82) is 0 Å². The van der Waals surface area contributed by atoms with Gasteiger partial charge in [0.15, 0.2) is 0 Å². The van der Waals surface area contributed by atoms with Gasteiger partial charge in [-0.2, -0.15) is 0 Å². The van der Waals surface area contributed by atoms with Gasteiger partial charge in [-0.3, -0.25) is 0 Å². The molecular formula is C13H11BrFNO2. The third-order valence-electron chi connectivity index (χ3n) is 2.27. The van der Waals surface area contributed by atoms with Gasteiger partial charge in [-0.15, -0.1) is 0 Å². The molecule has 0 aliphatic heterocycles. The molecule has 0 unspecified atom stereocenters. The van der Waals surface area contributed by atoms with Crippen LogP contribution in [0.25, 0.3) is 0 Å². The SMILES string of the molecule is COc1cccc(COc2ccc(F)c(Br)c2)n1. The lowest BCUT2D eigenvalue weighted by atomic mass is 10.3. The van der Waals surface area contributed by atoms with E-state index in [-0.39, 0.29) is 5.82 Å². The van der Waals surface area contributed by atoms with Crippen molar-refractivity contribution in [3.8, 4) is 11.6 Å². The Morgan fingerprint density at radius 1 is 1.28 bits per heavy atom. The highest BCUT2D eigenvalue weighted by molar-refractivity contribution is 9.10. The Morgan fingerprint density at radius 3 is 2.83 bits per heavy atom. The van der Waals surface area contributed by atoms with Crippen LogP contribution in [0.3, 0.4) is 0 Å². The summed E-state index contributed by atoms with van der Waals surface area (Å²) in [5.74, 6) is 0.797. The highest BCUT2D eigenvalue weighted by Gasteiger charge is 2.03. The number of pyridine rings is 1. The van der Waals surface area contributed by atoms with Gasteiger partial charge in [0.25, 0.3) is 0 Å². The van der Waals surface area contributed by atoms with Gasteiger partial charge < -0.3 is 9.47 Å². The number of aromatic nitrogens is 1. The molecule has 1 heterocycles. The zero-order chi connectivity index (χ0) is 13.0. The van der Waals surface area contributed by atoms with E-state index < -0.39 is 0 Å². The van der Waals surface area contributed by atoms with Crippen LogP contribution in [0.1, 0.15) is 5.69 Å². The molecule has 0 bridgehead atoms. The molecule has 0 saturated heterocycles. The van der Waals surface area contributed by atoms with Gasteiger partial charge in [-0.05, 0) is 40.2 Å². The van der Waals surface area contributed by atoms with Gasteiger partial charge >= 0.3 is 0 Å². The lowest BCUT2D eigenvalue weighted by molar-refractivity contribution is 0.297. The smallest absolute Gasteiger partial charge is 0.213 e. The van der Waals surface area contributed by atoms with E-state index in [1.54, 1.807) is 25.3 Å². The maximum atomic E-state index is 13.0. The second kappa shape index (κ2) is 5.82. The average molecular weight is 312 g/mol. The van der Waals surface area contributed by atoms with Crippen molar-refractivity contribution in [3.05, 3.63) is 52.4 Å². The van der Waals surface area contributed by atoms with Gasteiger partial charge in [-0.25, -0.2) is 9.37 Å². The monoisotopic (exact) mass is 311 g/mol. The molecule has 0 atom stereocenters. The Kier molecular flexibility index (Phi) is 4.15. The van der Waals surface area contributed by atoms with Crippen LogP contribution in [-0.2, 0) is 6.61 Å². The maximum absolute atomic E-state index is 13.0. The van der Waals surface area contributed by atoms with Crippen molar-refractivity contribution >= 4 is 15.9 Å². The first-order valence-corrected chi connectivity index (χ1v) is 6.06. The lowest BCUT2D eigenvalue weighted by Gasteiger charge is -2.07. The third-order valence-corrected chi connectivity index (χ3v) is 2.88. The van der Waals surface area contributed by atoms with Gasteiger partial charge in [0.05, 0.1) is 17.3 Å². The van der Waals surface area contributed by atoms with Gasteiger partial charge in [0.2, 0.25) is 5.88 Å². The molecule has 0 amide bonds. The van der Waals surface area contributed by atoms with Crippen LogP contribution in [0.15, 0.2) is 40.9 Å². The molecule has 0 saturated carbocycles. The molecule has 18 heavy (non-hydrogen) atoms. The fraction of sp³-hybridized carbons (Fsp3) is 0.154. The fourth-order valence-corrected chi connectivity index (χ4v) is 1.73. The van der Waals surface area contributed by atoms with Crippen molar-refractivity contribution in [3.63, 3.8) is 0 Å². The highest BCUT2D eigenvalue weighted by Crippen LogP contribution is 2.22. The molecule has 5 heteroatoms. The van der Waals surface area contributed by atoms with Crippen LogP contribution in [-0.4, -0.2) is 12.1 Å². The maximum Gasteiger partial charge on any atom is 0.213 e. The number of hydrogen-bond acceptors (Lipinski definition) is 3. The first-order valence-electron chi connectivity index (χ1n) is 5.27. The van der Waals surface area contributed by atoms with Crippen LogP contribution in [0, 0.1) is 5.82 Å². The molecule has 1 aromatic heterocycles. The first-order chi connectivity index (χ1) is 8.69. The van der Waals surface area contributed by atoms with E-state index in [9.17, 15) is 4.39 Å². The standard InChI is InChI=1S/C13H11BrFNO2/c1-17-13-4-2-3-9(16-13)8-18-10-5-6-12(15)11(14)7-10/h2-7H,8H2,1H3. The Bertz CT molecular complexity index is 548. The number of rotatable bonds is 4. The summed E-state index contributed by atoms with van der Waals surface area (Å²) in [5.41, 5.74) is 0.745. The topological polar surface area (TPSA) is 31.4 Å². The van der Waals surface area contributed by atoms with Crippen molar-refractivity contribution < 1.29 is 13.9 Å². The van der Waals surface area contributed by atoms with E-state index in [0.717, 1.165) is 5.69 Å². The second-order valence-electron chi connectivity index (χ2n) is 3.54. The molecule has 3 nitrogen and oxygen atoms in total. The van der Waals surface area contributed by atoms with E-state index in [1.165, 1.54) is 6.07 Å². The van der Waals surface area contributed by atoms with E-state index in [4.69, 9.17) is 9.47 Å². The second-order valence-corrected chi connectivity index (χ2v) is 4.39. The number of benzene rings is 1. The van der Waals surface area contributed by atoms with E-state index in [2.05, 4.69) is 20.9 Å². The molecule has 0 fully saturated rings. The molecule has 0 N–H and O–H groups in total. The molecule has 1 aromatic carbocycles. The zero-order valence-electron chi connectivity index (χ0n) is 9.69. The predicted molar refractivity (Wildman–Crippen MR) is 69.2 cm³/mol. The summed E-state index contributed by atoms with van der Waals surface area (Å²) >= 11 is 3.10. The fourth-order valence-electron chi connectivity index (χ4n) is 1.38. The van der Waals surface area contributed by atoms with Gasteiger partial charge in [0.1, 0.15) is 18.2 Å². The summed E-state index contributed by atoms with van der Waals surface area (Å²) in [5, 5.41) is 0. The third kappa shape index (κ3) is 3.20. The molecule has 94 valence electrons. The van der Waals surface area contributed by atoms with Gasteiger partial charge in [0, 0.05) is 6.07 Å². The summed E-state index contributed by atoms with van der Waals surface area (Å²) < 4.78 is 23.9. The summed E-state index contributed by atoms with van der Waals surface area (Å²) in [6, 6.07) is 9.93. The Hall–Kier alpha value is -1.62. The molecule has 0 aliphatic carbocycles. The number of methoxy groups -OCH3 is 1. The molecule has 0 spiro atoms. The van der Waals surface area contributed by atoms with Crippen LogP contribution >= 0.6 is 15.9 Å². The Balaban J connectivity index is 2.04. The number of nitrogens with zero attached hydrogens (tertiary/aromatic N) is 1.